The molecular weight excluding hydrogens is 2990 g/mol. The minimum atomic E-state index is -3.66. The first-order chi connectivity index (χ1) is 60.7. The topological polar surface area (TPSA) is 210 Å². The summed E-state index contributed by atoms with van der Waals surface area (Å²) in [6, 6.07) is 20.3. The highest BCUT2D eigenvalue weighted by Crippen LogP contribution is 3.43. The number of rotatable bonds is 54. The second-order valence-corrected chi connectivity index (χ2v) is 315. The Morgan fingerprint density at radius 3 is 0.878 bits per heavy atom. The van der Waals surface area contributed by atoms with Gasteiger partial charge in [0.1, 0.15) is 0 Å². The normalized spacial score (nSPS) is 19.0. The molecule has 6 rings (SSSR count). The van der Waals surface area contributed by atoms with E-state index in [0.29, 0.717) is 36.2 Å². The first-order valence-electron chi connectivity index (χ1n) is 37.8. The van der Waals surface area contributed by atoms with E-state index in [1.54, 1.807) is 36.4 Å². The monoisotopic (exact) mass is 3130 g/mol. The zero-order valence-corrected chi connectivity index (χ0v) is 147. The molecule has 2 saturated heterocycles. The lowest BCUT2D eigenvalue weighted by Gasteiger charge is -2.54. The summed E-state index contributed by atoms with van der Waals surface area (Å²) in [6.07, 6.45) is 2.91. The SMILES string of the molecule is CC[C@H](O)[C@@H](C)[C@H]1O[C@@H]1C[C@H](C)CS(=O)(=O)c1nnnn1-c1ccccc1.CC[C@H](O[Si](CC)(CC)C(C)C)[C@@H](C)[C@H]1O[C@@H]1C[C@H](C)CS(=O)(=O)c1nnnn1-c1ccccc1.PP(P)P(P(P)P)P(P(P)P)P(P(P(P)P)P(P)P)P(P(P(P)P)P(P)P)P(P(P)P)P(P)P.PPP(P)P(P(P(P)P)P(P)P)P(P(P(P)P)P(P)P)P(P(P(P)P)P(P)P)P(P(P)P)P(P)P. The van der Waals surface area contributed by atoms with E-state index in [-0.39, 0.29) is 300 Å². The minimum absolute atomic E-state index is 0.000238. The fraction of sp³-hybridized carbons (Fsp3) is 0.674. The molecule has 2 aromatic carbocycles. The predicted octanol–water partition coefficient (Wildman–Crippen LogP) is 46.6. The van der Waals surface area contributed by atoms with Crippen LogP contribution in [-0.4, -0.2) is 119 Å². The van der Waals surface area contributed by atoms with Gasteiger partial charge in [0.2, 0.25) is 19.7 Å². The Morgan fingerprint density at radius 1 is 0.382 bits per heavy atom. The third-order valence-corrected chi connectivity index (χ3v) is 488. The minimum Gasteiger partial charge on any atom is -0.413 e. The first kappa shape index (κ1) is 151. The molecule has 42 unspecified atom stereocenters. The number of aromatic nitrogens is 8. The number of aliphatic hydroxyl groups is 1. The molecule has 4 heterocycles. The van der Waals surface area contributed by atoms with Crippen molar-refractivity contribution in [1.29, 1.82) is 0 Å². The predicted molar refractivity (Wildman–Crippen MR) is 818 cm³/mol. The van der Waals surface area contributed by atoms with Crippen molar-refractivity contribution in [2.75, 3.05) is 11.5 Å². The second-order valence-electron chi connectivity index (χ2n) is 28.3. The molecule has 1 N–H and O–H groups in total. The molecule has 2 aromatic heterocycles. The number of hydrogen-bond donors (Lipinski definition) is 1. The van der Waals surface area contributed by atoms with Gasteiger partial charge in [0, 0.05) is 17.9 Å². The number of tetrazole rings is 2. The molecule has 0 saturated carbocycles. The Morgan fingerprint density at radius 2 is 0.634 bits per heavy atom. The van der Waals surface area contributed by atoms with Crippen LogP contribution in [0.15, 0.2) is 71.0 Å². The Hall–Kier alpha value is 26.2. The van der Waals surface area contributed by atoms with Gasteiger partial charge < -0.3 is 19.0 Å². The van der Waals surface area contributed by atoms with Crippen LogP contribution in [0.25, 0.3) is 11.4 Å². The van der Waals surface area contributed by atoms with Gasteiger partial charge in [-0.15, -0.1) is 321 Å². The van der Waals surface area contributed by atoms with Crippen LogP contribution >= 0.6 is 553 Å². The van der Waals surface area contributed by atoms with Gasteiger partial charge in [-0.3, -0.25) is 0 Å². The molecule has 4 aromatic rings. The molecule has 0 bridgehead atoms. The van der Waals surface area contributed by atoms with Crippen molar-refractivity contribution in [2.45, 2.75) is 159 Å². The van der Waals surface area contributed by atoms with Gasteiger partial charge in [-0.2, -0.15) is 9.36 Å². The van der Waals surface area contributed by atoms with Crippen LogP contribution in [0.1, 0.15) is 94.9 Å². The van der Waals surface area contributed by atoms with Crippen LogP contribution in [-0.2, 0) is 33.6 Å². The van der Waals surface area contributed by atoms with E-state index >= 15 is 0 Å². The van der Waals surface area contributed by atoms with E-state index in [1.807, 2.05) is 52.0 Å². The summed E-state index contributed by atoms with van der Waals surface area (Å²) in [5.74, 6) is 0.0510. The van der Waals surface area contributed by atoms with Crippen molar-refractivity contribution < 1.29 is 35.8 Å². The van der Waals surface area contributed by atoms with E-state index in [0.717, 1.165) is 26.5 Å². The molecular formula is C43H141N8O8P69S2Si. The van der Waals surface area contributed by atoms with Crippen LogP contribution in [0, 0.1) is 23.7 Å². The van der Waals surface area contributed by atoms with Crippen molar-refractivity contribution in [3.05, 3.63) is 60.7 Å². The fourth-order valence-corrected chi connectivity index (χ4v) is 949. The average molecular weight is 3130 g/mol. The molecule has 16 nitrogen and oxygen atoms in total. The van der Waals surface area contributed by atoms with Crippen molar-refractivity contribution in [3.8, 4) is 11.4 Å². The summed E-state index contributed by atoms with van der Waals surface area (Å²) < 4.78 is 73.1. The van der Waals surface area contributed by atoms with Gasteiger partial charge in [-0.05, 0) is 324 Å². The van der Waals surface area contributed by atoms with Crippen molar-refractivity contribution in [1.82, 2.24) is 40.4 Å². The Bertz CT molecular complexity index is 3970. The molecule has 762 valence electrons. The van der Waals surface area contributed by atoms with Crippen molar-refractivity contribution in [3.63, 3.8) is 0 Å². The largest absolute Gasteiger partial charge is 0.413 e. The van der Waals surface area contributed by atoms with E-state index in [9.17, 15) is 21.9 Å². The van der Waals surface area contributed by atoms with Gasteiger partial charge in [-0.1, -0.05) is 124 Å². The first-order valence-corrected chi connectivity index (χ1v) is 168. The number of ether oxygens (including phenoxy) is 2. The summed E-state index contributed by atoms with van der Waals surface area (Å²) in [7, 11) is 112. The second kappa shape index (κ2) is 78.3. The molecule has 0 spiro atoms. The molecule has 88 heteroatoms. The van der Waals surface area contributed by atoms with E-state index < -0.39 is 34.1 Å². The van der Waals surface area contributed by atoms with Gasteiger partial charge in [0.25, 0.3) is 10.3 Å². The van der Waals surface area contributed by atoms with Gasteiger partial charge in [-0.25, -0.2) is 16.8 Å². The van der Waals surface area contributed by atoms with E-state index in [2.05, 4.69) is 394 Å². The lowest BCUT2D eigenvalue weighted by molar-refractivity contribution is 0.0953. The number of benzene rings is 2. The number of sulfone groups is 2. The highest BCUT2D eigenvalue weighted by Gasteiger charge is 2.57. The van der Waals surface area contributed by atoms with E-state index in [4.69, 9.17) is 13.9 Å². The summed E-state index contributed by atoms with van der Waals surface area (Å²) in [4.78, 5) is 0. The van der Waals surface area contributed by atoms with Crippen LogP contribution in [0.5, 0.6) is 0 Å². The lowest BCUT2D eigenvalue weighted by Crippen LogP contribution is -2.45. The lowest BCUT2D eigenvalue weighted by atomic mass is 9.94. The summed E-state index contributed by atoms with van der Waals surface area (Å²) in [5, 5.41) is 32.1. The maximum Gasteiger partial charge on any atom is 0.272 e. The third-order valence-electron chi connectivity index (χ3n) is 18.4. The average Bonchev–Trinajstić information content (AvgIpc) is 1.05. The van der Waals surface area contributed by atoms with Crippen LogP contribution in [0.4, 0.5) is 0 Å². The zero-order valence-electron chi connectivity index (χ0n) is 73.6. The van der Waals surface area contributed by atoms with Gasteiger partial charge in [0.15, 0.2) is 8.32 Å². The molecule has 52 atom stereocenters. The number of nitrogens with zero attached hydrogens (tertiary/aromatic N) is 8. The smallest absolute Gasteiger partial charge is 0.272 e. The Labute approximate surface area is 912 Å². The number of para-hydroxylation sites is 2. The van der Waals surface area contributed by atoms with Crippen molar-refractivity contribution in [2.24, 2.45) is 23.7 Å². The Balaban J connectivity index is 0.000000452. The zero-order chi connectivity index (χ0) is 101. The van der Waals surface area contributed by atoms with Crippen LogP contribution < -0.4 is 0 Å². The van der Waals surface area contributed by atoms with Crippen LogP contribution in [0.2, 0.25) is 17.6 Å². The molecule has 0 aliphatic carbocycles. The maximum atomic E-state index is 13.1. The summed E-state index contributed by atoms with van der Waals surface area (Å²) >= 11 is 0. The number of hydrogen-bond acceptors (Lipinski definition) is 14. The van der Waals surface area contributed by atoms with E-state index in [1.165, 1.54) is 9.36 Å². The fourth-order valence-electron chi connectivity index (χ4n) is 12.5. The number of aliphatic hydroxyl groups excluding tert-OH is 1. The quantitative estimate of drug-likeness (QED) is 0.0248. The number of epoxide rings is 2. The third kappa shape index (κ3) is 50.5. The summed E-state index contributed by atoms with van der Waals surface area (Å²) in [5.41, 5.74) is 1.79. The molecule has 0 amide bonds. The molecule has 2 fully saturated rings. The molecule has 131 heavy (non-hydrogen) atoms. The highest BCUT2D eigenvalue weighted by atomic mass is 33.5. The summed E-state index contributed by atoms with van der Waals surface area (Å²) in [6.45, 7) is 19.9. The highest BCUT2D eigenvalue weighted by molar-refractivity contribution is 9.48. The maximum absolute atomic E-state index is 13.1. The molecule has 2 aliphatic rings. The Kier molecular flexibility index (Phi) is 90.5. The van der Waals surface area contributed by atoms with Crippen molar-refractivity contribution >= 4 is 581 Å². The van der Waals surface area contributed by atoms with Crippen LogP contribution in [0.3, 0.4) is 0 Å². The molecule has 0 radical (unpaired) electrons. The van der Waals surface area contributed by atoms with Gasteiger partial charge in [0.05, 0.1) is 53.4 Å². The van der Waals surface area contributed by atoms with Gasteiger partial charge >= 0.3 is 0 Å². The molecule has 2 aliphatic heterocycles. The standard InChI is InChI=1S/C25H42N4O4SSi.C18H26N4O4S.H37P35.H36P34/c1-8-22(33-35(9-2,10-3)18(4)5)20(7)24-23(32-24)16-19(6)17-34(30,31)25-26-27-28-29(25)21-14-12-11-13-15-21;1-4-15(23)13(3)17-16(26-17)10-12(2)11-27(24,25)18-19-20-21-22(18)14-8-6-5-7-9-14;1-19-28(18)33(29(20(2)3)21(4)5)35(32(26(14)15)27(16)17)34(30(22(6)7)23(8)9)31(24(10)11)25(12)13;1-19(2)28(20(3)4)32(27(17)18)34(31(25(13)14)26(15)16)33(29(21(5)6)22(7)8)30(23(9)10)24(11)12/h11-15,18-20,22-24H,8-10,16-17H2,1-7H3;5-9,12-13,15-17,23H,4,10-11H2,1-3H3;19H,1-18H2;1-18H2/t19-,20+,22-,23+,24+;12-,13+,15-,16+,17+;;/m00../s1.